The first-order valence-electron chi connectivity index (χ1n) is 6.83. The Labute approximate surface area is 143 Å². The zero-order valence-electron chi connectivity index (χ0n) is 11.7. The molecular formula is C14H16Cl2N4OS. The molecule has 1 fully saturated rings. The van der Waals surface area contributed by atoms with Gasteiger partial charge in [0.25, 0.3) is 0 Å². The molecule has 8 heteroatoms. The van der Waals surface area contributed by atoms with Crippen LogP contribution in [-0.2, 0) is 4.79 Å². The number of hydrogen-bond donors (Lipinski definition) is 2. The molecule has 0 bridgehead atoms. The summed E-state index contributed by atoms with van der Waals surface area (Å²) in [5.74, 6) is 0.0927. The smallest absolute Gasteiger partial charge is 0.229 e. The standard InChI is InChI=1S/C14H15ClN4OS.ClH/c15-11-3-1-2-10(8-11)13-18-19-14(21-13)17-12(20)9-4-6-16-7-5-9;/h1-3,8-9,16H,4-7H2,(H,17,19,20);1H. The van der Waals surface area contributed by atoms with E-state index in [0.29, 0.717) is 10.2 Å². The maximum Gasteiger partial charge on any atom is 0.229 e. The van der Waals surface area contributed by atoms with Crippen LogP contribution in [0.1, 0.15) is 12.8 Å². The van der Waals surface area contributed by atoms with E-state index in [-0.39, 0.29) is 24.2 Å². The lowest BCUT2D eigenvalue weighted by Crippen LogP contribution is -2.34. The number of nitrogens with one attached hydrogen (secondary N) is 2. The largest absolute Gasteiger partial charge is 0.317 e. The minimum atomic E-state index is 0. The maximum absolute atomic E-state index is 12.1. The first-order chi connectivity index (χ1) is 10.2. The Hall–Kier alpha value is -1.21. The molecule has 1 aromatic heterocycles. The minimum absolute atomic E-state index is 0. The number of rotatable bonds is 3. The van der Waals surface area contributed by atoms with Gasteiger partial charge in [0.15, 0.2) is 0 Å². The molecule has 1 amide bonds. The van der Waals surface area contributed by atoms with Crippen molar-refractivity contribution >= 4 is 46.4 Å². The summed E-state index contributed by atoms with van der Waals surface area (Å²) in [6.07, 6.45) is 1.73. The summed E-state index contributed by atoms with van der Waals surface area (Å²) < 4.78 is 0. The number of aromatic nitrogens is 2. The molecule has 0 radical (unpaired) electrons. The second-order valence-electron chi connectivity index (χ2n) is 4.94. The average molecular weight is 359 g/mol. The SMILES string of the molecule is Cl.O=C(Nc1nnc(-c2cccc(Cl)c2)s1)C1CCNCC1. The molecule has 1 aliphatic rings. The Kier molecular flexibility index (Phi) is 6.14. The van der Waals surface area contributed by atoms with Crippen molar-refractivity contribution < 1.29 is 4.79 Å². The van der Waals surface area contributed by atoms with Crippen LogP contribution >= 0.6 is 35.3 Å². The summed E-state index contributed by atoms with van der Waals surface area (Å²) in [6.45, 7) is 1.78. The van der Waals surface area contributed by atoms with Crippen LogP contribution in [0.4, 0.5) is 5.13 Å². The van der Waals surface area contributed by atoms with Gasteiger partial charge in [0.1, 0.15) is 5.01 Å². The third-order valence-electron chi connectivity index (χ3n) is 3.44. The van der Waals surface area contributed by atoms with E-state index >= 15 is 0 Å². The predicted molar refractivity (Wildman–Crippen MR) is 91.8 cm³/mol. The van der Waals surface area contributed by atoms with Crippen molar-refractivity contribution in [3.8, 4) is 10.6 Å². The highest BCUT2D eigenvalue weighted by Gasteiger charge is 2.22. The molecule has 2 aromatic rings. The van der Waals surface area contributed by atoms with Crippen molar-refractivity contribution in [2.75, 3.05) is 18.4 Å². The lowest BCUT2D eigenvalue weighted by molar-refractivity contribution is -0.120. The quantitative estimate of drug-likeness (QED) is 0.883. The van der Waals surface area contributed by atoms with E-state index < -0.39 is 0 Å². The molecule has 2 N–H and O–H groups in total. The van der Waals surface area contributed by atoms with Crippen LogP contribution in [0.3, 0.4) is 0 Å². The number of carbonyl (C=O) groups is 1. The van der Waals surface area contributed by atoms with Crippen molar-refractivity contribution in [2.45, 2.75) is 12.8 Å². The van der Waals surface area contributed by atoms with Gasteiger partial charge in [-0.3, -0.25) is 4.79 Å². The molecule has 22 heavy (non-hydrogen) atoms. The van der Waals surface area contributed by atoms with Crippen LogP contribution in [0.25, 0.3) is 10.6 Å². The lowest BCUT2D eigenvalue weighted by Gasteiger charge is -2.20. The van der Waals surface area contributed by atoms with Crippen molar-refractivity contribution in [3.63, 3.8) is 0 Å². The number of benzene rings is 1. The number of halogens is 2. The summed E-state index contributed by atoms with van der Waals surface area (Å²) >= 11 is 7.33. The number of nitrogens with zero attached hydrogens (tertiary/aromatic N) is 2. The van der Waals surface area contributed by atoms with Crippen LogP contribution in [0.15, 0.2) is 24.3 Å². The van der Waals surface area contributed by atoms with E-state index in [2.05, 4.69) is 20.8 Å². The van der Waals surface area contributed by atoms with E-state index in [1.807, 2.05) is 24.3 Å². The van der Waals surface area contributed by atoms with Gasteiger partial charge in [-0.25, -0.2) is 0 Å². The monoisotopic (exact) mass is 358 g/mol. The molecule has 1 saturated heterocycles. The van der Waals surface area contributed by atoms with Gasteiger partial charge in [0, 0.05) is 16.5 Å². The van der Waals surface area contributed by atoms with E-state index in [1.165, 1.54) is 11.3 Å². The van der Waals surface area contributed by atoms with Gasteiger partial charge in [-0.1, -0.05) is 35.1 Å². The van der Waals surface area contributed by atoms with Gasteiger partial charge in [0.2, 0.25) is 11.0 Å². The average Bonchev–Trinajstić information content (AvgIpc) is 2.97. The number of anilines is 1. The van der Waals surface area contributed by atoms with Crippen molar-refractivity contribution in [3.05, 3.63) is 29.3 Å². The highest BCUT2D eigenvalue weighted by atomic mass is 35.5. The van der Waals surface area contributed by atoms with Gasteiger partial charge in [-0.15, -0.1) is 22.6 Å². The fourth-order valence-electron chi connectivity index (χ4n) is 2.30. The normalized spacial score (nSPS) is 15.1. The van der Waals surface area contributed by atoms with Gasteiger partial charge in [0.05, 0.1) is 0 Å². The third kappa shape index (κ3) is 4.16. The highest BCUT2D eigenvalue weighted by Crippen LogP contribution is 2.28. The summed E-state index contributed by atoms with van der Waals surface area (Å²) in [7, 11) is 0. The van der Waals surface area contributed by atoms with Crippen LogP contribution in [0, 0.1) is 5.92 Å². The number of hydrogen-bond acceptors (Lipinski definition) is 5. The fraction of sp³-hybridized carbons (Fsp3) is 0.357. The Morgan fingerprint density at radius 3 is 2.82 bits per heavy atom. The van der Waals surface area contributed by atoms with Gasteiger partial charge >= 0.3 is 0 Å². The molecular weight excluding hydrogens is 343 g/mol. The molecule has 5 nitrogen and oxygen atoms in total. The summed E-state index contributed by atoms with van der Waals surface area (Å²) in [4.78, 5) is 12.1. The maximum atomic E-state index is 12.1. The third-order valence-corrected chi connectivity index (χ3v) is 4.56. The highest BCUT2D eigenvalue weighted by molar-refractivity contribution is 7.18. The van der Waals surface area contributed by atoms with E-state index in [1.54, 1.807) is 0 Å². The van der Waals surface area contributed by atoms with E-state index in [0.717, 1.165) is 36.5 Å². The molecule has 0 spiro atoms. The zero-order chi connectivity index (χ0) is 14.7. The van der Waals surface area contributed by atoms with Crippen LogP contribution in [0.2, 0.25) is 5.02 Å². The Balaban J connectivity index is 0.00000176. The molecule has 3 rings (SSSR count). The zero-order valence-corrected chi connectivity index (χ0v) is 14.1. The number of carbonyl (C=O) groups excluding carboxylic acids is 1. The minimum Gasteiger partial charge on any atom is -0.317 e. The van der Waals surface area contributed by atoms with Crippen molar-refractivity contribution in [1.82, 2.24) is 15.5 Å². The lowest BCUT2D eigenvalue weighted by atomic mass is 9.97. The summed E-state index contributed by atoms with van der Waals surface area (Å²) in [6, 6.07) is 7.43. The molecule has 0 aliphatic carbocycles. The first kappa shape index (κ1) is 17.1. The van der Waals surface area contributed by atoms with Crippen molar-refractivity contribution in [1.29, 1.82) is 0 Å². The summed E-state index contributed by atoms with van der Waals surface area (Å²) in [5, 5.41) is 16.2. The predicted octanol–water partition coefficient (Wildman–Crippen LogP) is 3.22. The second kappa shape index (κ2) is 7.87. The number of amides is 1. The Morgan fingerprint density at radius 2 is 2.09 bits per heavy atom. The molecule has 1 aliphatic heterocycles. The van der Waals surface area contributed by atoms with Crippen molar-refractivity contribution in [2.24, 2.45) is 5.92 Å². The fourth-order valence-corrected chi connectivity index (χ4v) is 3.24. The van der Waals surface area contributed by atoms with Crippen LogP contribution in [-0.4, -0.2) is 29.2 Å². The Morgan fingerprint density at radius 1 is 1.32 bits per heavy atom. The van der Waals surface area contributed by atoms with Crippen LogP contribution < -0.4 is 10.6 Å². The molecule has 1 aromatic carbocycles. The molecule has 0 atom stereocenters. The van der Waals surface area contributed by atoms with Gasteiger partial charge in [-0.05, 0) is 38.1 Å². The second-order valence-corrected chi connectivity index (χ2v) is 6.35. The van der Waals surface area contributed by atoms with E-state index in [4.69, 9.17) is 11.6 Å². The topological polar surface area (TPSA) is 66.9 Å². The molecule has 0 unspecified atom stereocenters. The molecule has 2 heterocycles. The van der Waals surface area contributed by atoms with E-state index in [9.17, 15) is 4.79 Å². The Bertz CT molecular complexity index is 643. The van der Waals surface area contributed by atoms with Gasteiger partial charge < -0.3 is 10.6 Å². The first-order valence-corrected chi connectivity index (χ1v) is 8.03. The summed E-state index contributed by atoms with van der Waals surface area (Å²) in [5.41, 5.74) is 0.905. The molecule has 0 saturated carbocycles. The number of piperidine rings is 1. The molecule has 118 valence electrons. The van der Waals surface area contributed by atoms with Gasteiger partial charge in [-0.2, -0.15) is 0 Å². The van der Waals surface area contributed by atoms with Crippen LogP contribution in [0.5, 0.6) is 0 Å².